The van der Waals surface area contributed by atoms with E-state index >= 15 is 0 Å². The molecule has 0 radical (unpaired) electrons. The van der Waals surface area contributed by atoms with Crippen LogP contribution in [0.2, 0.25) is 5.02 Å². The Morgan fingerprint density at radius 3 is 2.33 bits per heavy atom. The summed E-state index contributed by atoms with van der Waals surface area (Å²) in [4.78, 5) is 26.5. The minimum Gasteiger partial charge on any atom is -0.443 e. The molecule has 0 aliphatic carbocycles. The number of carbonyl (C=O) groups is 2. The van der Waals surface area contributed by atoms with Crippen LogP contribution in [0.25, 0.3) is 0 Å². The van der Waals surface area contributed by atoms with Crippen LogP contribution < -0.4 is 0 Å². The Labute approximate surface area is 165 Å². The van der Waals surface area contributed by atoms with E-state index in [1.807, 2.05) is 54.6 Å². The zero-order chi connectivity index (χ0) is 19.6. The molecular formula is C22H24ClNO3. The number of ether oxygens (including phenoxy) is 1. The Kier molecular flexibility index (Phi) is 5.56. The summed E-state index contributed by atoms with van der Waals surface area (Å²) in [6, 6.07) is 17.6. The van der Waals surface area contributed by atoms with Crippen molar-refractivity contribution in [3.05, 3.63) is 70.7 Å². The van der Waals surface area contributed by atoms with Crippen LogP contribution in [0, 0.1) is 0 Å². The molecule has 142 valence electrons. The van der Waals surface area contributed by atoms with E-state index in [2.05, 4.69) is 0 Å². The predicted molar refractivity (Wildman–Crippen MR) is 106 cm³/mol. The van der Waals surface area contributed by atoms with Crippen LogP contribution in [0.3, 0.4) is 0 Å². The lowest BCUT2D eigenvalue weighted by Gasteiger charge is -2.38. The van der Waals surface area contributed by atoms with Gasteiger partial charge >= 0.3 is 6.09 Å². The Balaban J connectivity index is 1.95. The maximum absolute atomic E-state index is 12.7. The van der Waals surface area contributed by atoms with Crippen molar-refractivity contribution in [2.45, 2.75) is 44.6 Å². The highest BCUT2D eigenvalue weighted by atomic mass is 35.5. The molecule has 0 unspecified atom stereocenters. The van der Waals surface area contributed by atoms with Gasteiger partial charge in [0.1, 0.15) is 5.60 Å². The molecular weight excluding hydrogens is 362 g/mol. The number of hydrogen-bond donors (Lipinski definition) is 0. The number of carbonyl (C=O) groups excluding carboxylic acids is 2. The van der Waals surface area contributed by atoms with Crippen molar-refractivity contribution in [2.75, 3.05) is 6.54 Å². The molecule has 1 heterocycles. The lowest BCUT2D eigenvalue weighted by atomic mass is 9.76. The number of likely N-dealkylation sites (tertiary alicyclic amines) is 1. The molecule has 1 saturated heterocycles. The Morgan fingerprint density at radius 1 is 1.04 bits per heavy atom. The zero-order valence-electron chi connectivity index (χ0n) is 15.8. The van der Waals surface area contributed by atoms with Gasteiger partial charge in [-0.2, -0.15) is 0 Å². The first-order valence-corrected chi connectivity index (χ1v) is 9.46. The first kappa shape index (κ1) is 19.4. The molecule has 0 spiro atoms. The van der Waals surface area contributed by atoms with Crippen molar-refractivity contribution < 1.29 is 14.3 Å². The zero-order valence-corrected chi connectivity index (χ0v) is 16.6. The third-order valence-electron chi connectivity index (χ3n) is 4.68. The van der Waals surface area contributed by atoms with E-state index in [9.17, 15) is 9.59 Å². The number of hydrogen-bond acceptors (Lipinski definition) is 3. The maximum Gasteiger partial charge on any atom is 0.417 e. The van der Waals surface area contributed by atoms with Gasteiger partial charge in [-0.05, 0) is 44.0 Å². The number of imide groups is 1. The van der Waals surface area contributed by atoms with Crippen molar-refractivity contribution in [3.63, 3.8) is 0 Å². The Hall–Kier alpha value is -2.33. The number of nitrogens with zero attached hydrogens (tertiary/aromatic N) is 1. The van der Waals surface area contributed by atoms with Crippen LogP contribution in [-0.2, 0) is 9.53 Å². The highest BCUT2D eigenvalue weighted by Crippen LogP contribution is 2.41. The minimum atomic E-state index is -0.654. The van der Waals surface area contributed by atoms with E-state index in [1.54, 1.807) is 20.8 Å². The molecule has 2 aromatic rings. The summed E-state index contributed by atoms with van der Waals surface area (Å²) in [7, 11) is 0. The largest absolute Gasteiger partial charge is 0.443 e. The molecule has 27 heavy (non-hydrogen) atoms. The van der Waals surface area contributed by atoms with E-state index < -0.39 is 11.7 Å². The molecule has 2 atom stereocenters. The molecule has 2 aromatic carbocycles. The van der Waals surface area contributed by atoms with Crippen LogP contribution in [0.15, 0.2) is 54.6 Å². The number of halogens is 1. The van der Waals surface area contributed by atoms with Gasteiger partial charge in [-0.25, -0.2) is 9.69 Å². The van der Waals surface area contributed by atoms with E-state index in [0.29, 0.717) is 5.02 Å². The van der Waals surface area contributed by atoms with Crippen molar-refractivity contribution in [3.8, 4) is 0 Å². The van der Waals surface area contributed by atoms with E-state index in [4.69, 9.17) is 16.3 Å². The van der Waals surface area contributed by atoms with Gasteiger partial charge in [-0.1, -0.05) is 54.1 Å². The smallest absolute Gasteiger partial charge is 0.417 e. The molecule has 1 aliphatic heterocycles. The van der Waals surface area contributed by atoms with Gasteiger partial charge in [0.15, 0.2) is 0 Å². The van der Waals surface area contributed by atoms with Crippen LogP contribution in [0.5, 0.6) is 0 Å². The SMILES string of the molecule is CC(C)(C)OC(=O)N1C[C@@H](c2cccc(Cl)c2)[C@@H](c2ccccc2)CC1=O. The molecule has 1 aliphatic rings. The normalized spacial score (nSPS) is 20.4. The highest BCUT2D eigenvalue weighted by Gasteiger charge is 2.40. The summed E-state index contributed by atoms with van der Waals surface area (Å²) in [5, 5.41) is 0.639. The van der Waals surface area contributed by atoms with Gasteiger partial charge in [0.2, 0.25) is 5.91 Å². The minimum absolute atomic E-state index is 0.0177. The van der Waals surface area contributed by atoms with Crippen molar-refractivity contribution in [2.24, 2.45) is 0 Å². The van der Waals surface area contributed by atoms with Crippen LogP contribution in [-0.4, -0.2) is 29.0 Å². The van der Waals surface area contributed by atoms with Crippen LogP contribution >= 0.6 is 11.6 Å². The molecule has 1 fully saturated rings. The maximum atomic E-state index is 12.7. The topological polar surface area (TPSA) is 46.6 Å². The third-order valence-corrected chi connectivity index (χ3v) is 4.91. The summed E-state index contributed by atoms with van der Waals surface area (Å²) in [6.07, 6.45) is -0.341. The summed E-state index contributed by atoms with van der Waals surface area (Å²) in [6.45, 7) is 5.65. The summed E-state index contributed by atoms with van der Waals surface area (Å²) < 4.78 is 5.44. The van der Waals surface area contributed by atoms with E-state index in [0.717, 1.165) is 11.1 Å². The van der Waals surface area contributed by atoms with Gasteiger partial charge < -0.3 is 4.74 Å². The fraction of sp³-hybridized carbons (Fsp3) is 0.364. The number of benzene rings is 2. The van der Waals surface area contributed by atoms with Gasteiger partial charge in [0, 0.05) is 29.8 Å². The fourth-order valence-corrected chi connectivity index (χ4v) is 3.68. The second kappa shape index (κ2) is 7.73. The molecule has 3 rings (SSSR count). The second-order valence-electron chi connectivity index (χ2n) is 7.87. The Bertz CT molecular complexity index is 829. The van der Waals surface area contributed by atoms with E-state index in [-0.39, 0.29) is 30.7 Å². The lowest BCUT2D eigenvalue weighted by molar-refractivity contribution is -0.133. The van der Waals surface area contributed by atoms with Crippen LogP contribution in [0.4, 0.5) is 4.79 Å². The van der Waals surface area contributed by atoms with E-state index in [1.165, 1.54) is 4.90 Å². The average Bonchev–Trinajstić information content (AvgIpc) is 2.60. The summed E-state index contributed by atoms with van der Waals surface area (Å²) >= 11 is 6.20. The van der Waals surface area contributed by atoms with Gasteiger partial charge in [-0.15, -0.1) is 0 Å². The van der Waals surface area contributed by atoms with Gasteiger partial charge in [-0.3, -0.25) is 4.79 Å². The summed E-state index contributed by atoms with van der Waals surface area (Å²) in [5.74, 6) is -0.274. The molecule has 2 amide bonds. The molecule has 0 N–H and O–H groups in total. The molecule has 4 nitrogen and oxygen atoms in total. The molecule has 0 bridgehead atoms. The number of amides is 2. The third kappa shape index (κ3) is 4.69. The van der Waals surface area contributed by atoms with Gasteiger partial charge in [0.05, 0.1) is 0 Å². The van der Waals surface area contributed by atoms with Crippen LogP contribution in [0.1, 0.15) is 50.2 Å². The van der Waals surface area contributed by atoms with Crippen molar-refractivity contribution in [1.82, 2.24) is 4.90 Å². The summed E-state index contributed by atoms with van der Waals surface area (Å²) in [5.41, 5.74) is 1.44. The standard InChI is InChI=1S/C22H24ClNO3/c1-22(2,3)27-21(26)24-14-19(16-10-7-11-17(23)12-16)18(13-20(24)25)15-8-5-4-6-9-15/h4-12,18-19H,13-14H2,1-3H3/t18-,19+/m1/s1. The lowest BCUT2D eigenvalue weighted by Crippen LogP contribution is -2.47. The predicted octanol–water partition coefficient (Wildman–Crippen LogP) is 5.37. The first-order valence-electron chi connectivity index (χ1n) is 9.08. The quantitative estimate of drug-likeness (QED) is 0.697. The molecule has 0 aromatic heterocycles. The molecule has 5 heteroatoms. The number of rotatable bonds is 2. The first-order chi connectivity index (χ1) is 12.7. The number of piperidine rings is 1. The second-order valence-corrected chi connectivity index (χ2v) is 8.30. The highest BCUT2D eigenvalue weighted by molar-refractivity contribution is 6.30. The van der Waals surface area contributed by atoms with Crippen molar-refractivity contribution >= 4 is 23.6 Å². The van der Waals surface area contributed by atoms with Crippen molar-refractivity contribution in [1.29, 1.82) is 0 Å². The van der Waals surface area contributed by atoms with Gasteiger partial charge in [0.25, 0.3) is 0 Å². The fourth-order valence-electron chi connectivity index (χ4n) is 3.49. The monoisotopic (exact) mass is 385 g/mol. The average molecular weight is 386 g/mol. The molecule has 0 saturated carbocycles. The Morgan fingerprint density at radius 2 is 1.70 bits per heavy atom.